The number of aryl methyl sites for hydroxylation is 1. The Morgan fingerprint density at radius 3 is 2.85 bits per heavy atom. The van der Waals surface area contributed by atoms with Gasteiger partial charge in [-0.15, -0.1) is 0 Å². The molecular formula is C20H23N5O2. The summed E-state index contributed by atoms with van der Waals surface area (Å²) in [6.07, 6.45) is 3.90. The molecule has 2 aromatic heterocycles. The molecule has 0 aliphatic carbocycles. The number of amides is 2. The summed E-state index contributed by atoms with van der Waals surface area (Å²) in [5, 5.41) is 21.6. The highest BCUT2D eigenvalue weighted by Gasteiger charge is 2.20. The number of nitrogens with zero attached hydrogens (tertiary/aromatic N) is 3. The van der Waals surface area contributed by atoms with E-state index in [1.165, 1.54) is 0 Å². The first kappa shape index (κ1) is 17.5. The van der Waals surface area contributed by atoms with E-state index in [0.717, 1.165) is 35.0 Å². The van der Waals surface area contributed by atoms with Gasteiger partial charge in [0, 0.05) is 18.9 Å². The molecule has 4 rings (SSSR count). The molecule has 140 valence electrons. The molecule has 0 saturated heterocycles. The average Bonchev–Trinajstić information content (AvgIpc) is 3.02. The molecule has 2 unspecified atom stereocenters. The summed E-state index contributed by atoms with van der Waals surface area (Å²) in [5.41, 5.74) is 2.69. The van der Waals surface area contributed by atoms with Gasteiger partial charge in [-0.05, 0) is 30.9 Å². The second-order valence-corrected chi connectivity index (χ2v) is 7.01. The number of aliphatic hydroxyl groups is 1. The first-order chi connectivity index (χ1) is 13.1. The normalized spacial score (nSPS) is 21.0. The van der Waals surface area contributed by atoms with E-state index >= 15 is 0 Å². The first-order valence-corrected chi connectivity index (χ1v) is 9.22. The smallest absolute Gasteiger partial charge is 0.320 e. The summed E-state index contributed by atoms with van der Waals surface area (Å²) in [5.74, 6) is 0.461. The van der Waals surface area contributed by atoms with Gasteiger partial charge in [0.2, 0.25) is 0 Å². The topological polar surface area (TPSA) is 92.1 Å². The van der Waals surface area contributed by atoms with Gasteiger partial charge in [-0.1, -0.05) is 30.3 Å². The molecule has 7 nitrogen and oxygen atoms in total. The van der Waals surface area contributed by atoms with Gasteiger partial charge in [0.15, 0.2) is 0 Å². The molecule has 3 aromatic rings. The molecule has 1 aliphatic heterocycles. The lowest BCUT2D eigenvalue weighted by Gasteiger charge is -2.22. The van der Waals surface area contributed by atoms with Gasteiger partial charge in [0.1, 0.15) is 5.82 Å². The lowest BCUT2D eigenvalue weighted by atomic mass is 9.98. The molecule has 1 aliphatic rings. The van der Waals surface area contributed by atoms with E-state index < -0.39 is 6.10 Å². The molecule has 27 heavy (non-hydrogen) atoms. The van der Waals surface area contributed by atoms with Crippen LogP contribution in [-0.2, 0) is 13.5 Å². The summed E-state index contributed by atoms with van der Waals surface area (Å²) in [7, 11) is 1.85. The predicted octanol–water partition coefficient (Wildman–Crippen LogP) is 2.92. The van der Waals surface area contributed by atoms with Crippen LogP contribution in [0.4, 0.5) is 10.6 Å². The molecule has 2 bridgehead atoms. The van der Waals surface area contributed by atoms with Gasteiger partial charge in [0.25, 0.3) is 0 Å². The van der Waals surface area contributed by atoms with Crippen LogP contribution in [0.2, 0.25) is 0 Å². The zero-order chi connectivity index (χ0) is 18.8. The fourth-order valence-corrected chi connectivity index (χ4v) is 3.70. The number of rotatable bonds is 1. The van der Waals surface area contributed by atoms with Crippen molar-refractivity contribution in [2.45, 2.75) is 37.8 Å². The van der Waals surface area contributed by atoms with Crippen LogP contribution in [-0.4, -0.2) is 32.0 Å². The maximum atomic E-state index is 12.6. The van der Waals surface area contributed by atoms with Crippen molar-refractivity contribution in [1.29, 1.82) is 0 Å². The van der Waals surface area contributed by atoms with Gasteiger partial charge < -0.3 is 10.4 Å². The molecule has 2 atom stereocenters. The predicted molar refractivity (Wildman–Crippen MR) is 103 cm³/mol. The van der Waals surface area contributed by atoms with Gasteiger partial charge in [-0.3, -0.25) is 10.00 Å². The Hall–Kier alpha value is -2.93. The summed E-state index contributed by atoms with van der Waals surface area (Å²) >= 11 is 0. The summed E-state index contributed by atoms with van der Waals surface area (Å²) in [6, 6.07) is 11.3. The maximum Gasteiger partial charge on any atom is 0.320 e. The number of carbonyl (C=O) groups is 1. The molecule has 7 heteroatoms. The zero-order valence-corrected chi connectivity index (χ0v) is 15.2. The largest absolute Gasteiger partial charge is 0.393 e. The molecule has 0 fully saturated rings. The third-order valence-corrected chi connectivity index (χ3v) is 5.00. The number of carbonyl (C=O) groups excluding carboxylic acids is 1. The van der Waals surface area contributed by atoms with E-state index in [1.54, 1.807) is 16.9 Å². The molecule has 3 heterocycles. The Bertz CT molecular complexity index is 954. The van der Waals surface area contributed by atoms with Crippen LogP contribution < -0.4 is 10.6 Å². The molecule has 2 amide bonds. The van der Waals surface area contributed by atoms with Crippen molar-refractivity contribution in [2.24, 2.45) is 7.05 Å². The third-order valence-electron chi connectivity index (χ3n) is 5.00. The van der Waals surface area contributed by atoms with Crippen LogP contribution in [0.25, 0.3) is 10.9 Å². The van der Waals surface area contributed by atoms with Crippen molar-refractivity contribution in [3.8, 4) is 0 Å². The highest BCUT2D eigenvalue weighted by molar-refractivity contribution is 5.92. The zero-order valence-electron chi connectivity index (χ0n) is 15.2. The second-order valence-electron chi connectivity index (χ2n) is 7.01. The number of benzene rings is 1. The number of hydrogen-bond acceptors (Lipinski definition) is 4. The number of anilines is 1. The molecule has 0 radical (unpaired) electrons. The molecular weight excluding hydrogens is 342 g/mol. The molecule has 1 aromatic carbocycles. The standard InChI is InChI=1S/C20H23N5O2/c1-25-19-14(12-21-25)10-18-22-17(19)11-15(26)8-5-9-16(23-20(27)24-18)13-6-3-2-4-7-13/h2-4,6-7,10,12,15-16,26H,5,8-9,11H2,1H3,(H2,22,23,24,27). The van der Waals surface area contributed by atoms with Crippen LogP contribution in [0.1, 0.15) is 36.6 Å². The van der Waals surface area contributed by atoms with Crippen molar-refractivity contribution in [2.75, 3.05) is 5.32 Å². The minimum absolute atomic E-state index is 0.112. The van der Waals surface area contributed by atoms with E-state index in [-0.39, 0.29) is 12.1 Å². The number of fused-ring (bicyclic) bond motifs is 4. The van der Waals surface area contributed by atoms with Crippen LogP contribution >= 0.6 is 0 Å². The molecule has 0 saturated carbocycles. The van der Waals surface area contributed by atoms with Gasteiger partial charge >= 0.3 is 6.03 Å². The highest BCUT2D eigenvalue weighted by atomic mass is 16.3. The number of urea groups is 1. The van der Waals surface area contributed by atoms with Crippen molar-refractivity contribution >= 4 is 22.8 Å². The quantitative estimate of drug-likeness (QED) is 0.618. The first-order valence-electron chi connectivity index (χ1n) is 9.22. The summed E-state index contributed by atoms with van der Waals surface area (Å²) in [4.78, 5) is 17.1. The SMILES string of the molecule is Cn1ncc2cc3nc(c21)CC(O)CCCC(c1ccccc1)NC(=O)N3. The van der Waals surface area contributed by atoms with Crippen molar-refractivity contribution in [1.82, 2.24) is 20.1 Å². The maximum absolute atomic E-state index is 12.6. The lowest BCUT2D eigenvalue weighted by molar-refractivity contribution is 0.159. The Morgan fingerprint density at radius 2 is 2.04 bits per heavy atom. The summed E-state index contributed by atoms with van der Waals surface area (Å²) in [6.45, 7) is 0. The fraction of sp³-hybridized carbons (Fsp3) is 0.350. The molecule has 0 spiro atoms. The minimum atomic E-state index is -0.489. The van der Waals surface area contributed by atoms with Crippen LogP contribution in [0.3, 0.4) is 0 Å². The minimum Gasteiger partial charge on any atom is -0.393 e. The second kappa shape index (κ2) is 7.36. The monoisotopic (exact) mass is 365 g/mol. The van der Waals surface area contributed by atoms with Crippen molar-refractivity contribution in [3.05, 3.63) is 53.9 Å². The van der Waals surface area contributed by atoms with Gasteiger partial charge in [0.05, 0.1) is 29.6 Å². The van der Waals surface area contributed by atoms with Gasteiger partial charge in [-0.2, -0.15) is 5.10 Å². The van der Waals surface area contributed by atoms with E-state index in [9.17, 15) is 9.90 Å². The van der Waals surface area contributed by atoms with E-state index in [1.807, 2.05) is 37.4 Å². The number of aliphatic hydroxyl groups excluding tert-OH is 1. The number of aromatic nitrogens is 3. The third kappa shape index (κ3) is 3.78. The van der Waals surface area contributed by atoms with Gasteiger partial charge in [-0.25, -0.2) is 9.78 Å². The lowest BCUT2D eigenvalue weighted by Crippen LogP contribution is -2.33. The Balaban J connectivity index is 1.68. The summed E-state index contributed by atoms with van der Waals surface area (Å²) < 4.78 is 1.76. The highest BCUT2D eigenvalue weighted by Crippen LogP contribution is 2.25. The van der Waals surface area contributed by atoms with Crippen LogP contribution in [0.15, 0.2) is 42.6 Å². The number of hydrogen-bond donors (Lipinski definition) is 3. The Kier molecular flexibility index (Phi) is 4.77. The fourth-order valence-electron chi connectivity index (χ4n) is 3.70. The van der Waals surface area contributed by atoms with E-state index in [4.69, 9.17) is 0 Å². The average molecular weight is 365 g/mol. The molecule has 3 N–H and O–H groups in total. The number of nitrogens with one attached hydrogen (secondary N) is 2. The van der Waals surface area contributed by atoms with Crippen molar-refractivity contribution < 1.29 is 9.90 Å². The van der Waals surface area contributed by atoms with Crippen LogP contribution in [0, 0.1) is 0 Å². The van der Waals surface area contributed by atoms with Crippen molar-refractivity contribution in [3.63, 3.8) is 0 Å². The Morgan fingerprint density at radius 1 is 1.22 bits per heavy atom. The Labute approximate surface area is 157 Å². The van der Waals surface area contributed by atoms with E-state index in [2.05, 4.69) is 20.7 Å². The number of pyridine rings is 1. The van der Waals surface area contributed by atoms with E-state index in [0.29, 0.717) is 18.7 Å². The van der Waals surface area contributed by atoms with Crippen LogP contribution in [0.5, 0.6) is 0 Å².